The second-order valence-electron chi connectivity index (χ2n) is 6.45. The second-order valence-corrected chi connectivity index (χ2v) is 6.45. The zero-order valence-electron chi connectivity index (χ0n) is 15.1. The van der Waals surface area contributed by atoms with Gasteiger partial charge in [-0.05, 0) is 57.0 Å². The number of hydrogen-bond donors (Lipinski definition) is 2. The van der Waals surface area contributed by atoms with Crippen molar-refractivity contribution in [1.29, 1.82) is 0 Å². The van der Waals surface area contributed by atoms with Crippen LogP contribution in [0, 0.1) is 20.8 Å². The van der Waals surface area contributed by atoms with Crippen LogP contribution in [-0.2, 0) is 9.53 Å². The van der Waals surface area contributed by atoms with Crippen LogP contribution in [0.25, 0.3) is 5.69 Å². The van der Waals surface area contributed by atoms with Crippen LogP contribution in [0.5, 0.6) is 0 Å². The lowest BCUT2D eigenvalue weighted by Gasteiger charge is -2.24. The van der Waals surface area contributed by atoms with Crippen LogP contribution >= 0.6 is 0 Å². The summed E-state index contributed by atoms with van der Waals surface area (Å²) in [5.41, 5.74) is 2.44. The van der Waals surface area contributed by atoms with Crippen LogP contribution in [0.15, 0.2) is 24.3 Å². The number of carboxylic acid groups (broad SMARTS) is 1. The Morgan fingerprint density at radius 3 is 2.32 bits per heavy atom. The Morgan fingerprint density at radius 1 is 1.20 bits per heavy atom. The Balaban J connectivity index is 2.32. The maximum Gasteiger partial charge on any atom is 0.331 e. The molecule has 1 atom stereocenters. The largest absolute Gasteiger partial charge is 0.479 e. The van der Waals surface area contributed by atoms with Crippen molar-refractivity contribution in [2.24, 2.45) is 0 Å². The fourth-order valence-corrected chi connectivity index (χ4v) is 2.67. The SMILES string of the molecule is COCC(C)(NC(=O)c1cc(C)n(-c2cc(C)cc(C)c2)n1)C(=O)O. The fourth-order valence-electron chi connectivity index (χ4n) is 2.67. The number of carbonyl (C=O) groups is 2. The van der Waals surface area contributed by atoms with E-state index in [1.165, 1.54) is 14.0 Å². The number of nitrogens with zero attached hydrogens (tertiary/aromatic N) is 2. The molecule has 2 N–H and O–H groups in total. The number of nitrogens with one attached hydrogen (secondary N) is 1. The van der Waals surface area contributed by atoms with E-state index in [-0.39, 0.29) is 12.3 Å². The lowest BCUT2D eigenvalue weighted by atomic mass is 10.0. The van der Waals surface area contributed by atoms with Crippen molar-refractivity contribution in [3.05, 3.63) is 46.8 Å². The van der Waals surface area contributed by atoms with E-state index in [0.717, 1.165) is 22.5 Å². The van der Waals surface area contributed by atoms with Crippen molar-refractivity contribution in [2.45, 2.75) is 33.2 Å². The molecule has 1 aromatic carbocycles. The summed E-state index contributed by atoms with van der Waals surface area (Å²) in [6.45, 7) is 7.07. The number of amides is 1. The van der Waals surface area contributed by atoms with Crippen molar-refractivity contribution in [3.63, 3.8) is 0 Å². The maximum absolute atomic E-state index is 12.5. The Morgan fingerprint density at radius 2 is 1.80 bits per heavy atom. The van der Waals surface area contributed by atoms with Gasteiger partial charge in [0.1, 0.15) is 0 Å². The number of carboxylic acids is 1. The number of benzene rings is 1. The molecule has 0 aliphatic carbocycles. The molecular weight excluding hydrogens is 322 g/mol. The third-order valence-electron chi connectivity index (χ3n) is 3.87. The Labute approximate surface area is 146 Å². The van der Waals surface area contributed by atoms with Crippen LogP contribution in [-0.4, -0.2) is 46.0 Å². The molecule has 134 valence electrons. The van der Waals surface area contributed by atoms with Gasteiger partial charge in [-0.15, -0.1) is 0 Å². The molecule has 0 spiro atoms. The van der Waals surface area contributed by atoms with E-state index in [0.29, 0.717) is 0 Å². The van der Waals surface area contributed by atoms with Gasteiger partial charge in [0, 0.05) is 12.8 Å². The molecule has 1 heterocycles. The van der Waals surface area contributed by atoms with Gasteiger partial charge < -0.3 is 15.2 Å². The number of ether oxygens (including phenoxy) is 1. The summed E-state index contributed by atoms with van der Waals surface area (Å²) in [6, 6.07) is 7.63. The first-order valence-electron chi connectivity index (χ1n) is 7.86. The standard InChI is InChI=1S/C18H23N3O4/c1-11-6-12(2)8-14(7-11)21-13(3)9-15(20-21)16(22)19-18(4,10-25-5)17(23)24/h6-9H,10H2,1-5H3,(H,19,22)(H,23,24). The van der Waals surface area contributed by atoms with E-state index in [9.17, 15) is 14.7 Å². The van der Waals surface area contributed by atoms with Crippen molar-refractivity contribution in [3.8, 4) is 5.69 Å². The predicted molar refractivity (Wildman–Crippen MR) is 93.2 cm³/mol. The highest BCUT2D eigenvalue weighted by Gasteiger charge is 2.36. The highest BCUT2D eigenvalue weighted by molar-refractivity contribution is 5.96. The van der Waals surface area contributed by atoms with Crippen LogP contribution in [0.4, 0.5) is 0 Å². The summed E-state index contributed by atoms with van der Waals surface area (Å²) in [6.07, 6.45) is 0. The van der Waals surface area contributed by atoms with E-state index >= 15 is 0 Å². The van der Waals surface area contributed by atoms with Crippen LogP contribution in [0.1, 0.15) is 34.2 Å². The molecule has 0 saturated heterocycles. The lowest BCUT2D eigenvalue weighted by molar-refractivity contribution is -0.145. The van der Waals surface area contributed by atoms with Gasteiger partial charge in [-0.1, -0.05) is 6.07 Å². The molecule has 7 heteroatoms. The van der Waals surface area contributed by atoms with Gasteiger partial charge in [0.15, 0.2) is 11.2 Å². The van der Waals surface area contributed by atoms with Gasteiger partial charge in [0.05, 0.1) is 12.3 Å². The van der Waals surface area contributed by atoms with Gasteiger partial charge in [-0.25, -0.2) is 9.48 Å². The first kappa shape index (κ1) is 18.7. The zero-order chi connectivity index (χ0) is 18.8. The highest BCUT2D eigenvalue weighted by Crippen LogP contribution is 2.17. The van der Waals surface area contributed by atoms with E-state index < -0.39 is 17.4 Å². The van der Waals surface area contributed by atoms with E-state index in [2.05, 4.69) is 16.5 Å². The van der Waals surface area contributed by atoms with Crippen molar-refractivity contribution < 1.29 is 19.4 Å². The molecule has 25 heavy (non-hydrogen) atoms. The van der Waals surface area contributed by atoms with E-state index in [1.54, 1.807) is 10.7 Å². The van der Waals surface area contributed by atoms with Crippen LogP contribution in [0.3, 0.4) is 0 Å². The van der Waals surface area contributed by atoms with Gasteiger partial charge >= 0.3 is 5.97 Å². The topological polar surface area (TPSA) is 93.5 Å². The molecule has 0 saturated carbocycles. The molecule has 0 aliphatic heterocycles. The highest BCUT2D eigenvalue weighted by atomic mass is 16.5. The molecule has 1 unspecified atom stereocenters. The number of aryl methyl sites for hydroxylation is 3. The average Bonchev–Trinajstić information content (AvgIpc) is 2.88. The third kappa shape index (κ3) is 4.06. The quantitative estimate of drug-likeness (QED) is 0.835. The third-order valence-corrected chi connectivity index (χ3v) is 3.87. The molecule has 0 aliphatic rings. The number of rotatable bonds is 6. The van der Waals surface area contributed by atoms with Crippen LogP contribution in [0.2, 0.25) is 0 Å². The number of aliphatic carboxylic acids is 1. The van der Waals surface area contributed by atoms with E-state index in [1.807, 2.05) is 32.9 Å². The minimum atomic E-state index is -1.52. The molecule has 1 amide bonds. The minimum Gasteiger partial charge on any atom is -0.479 e. The molecule has 0 bridgehead atoms. The summed E-state index contributed by atoms with van der Waals surface area (Å²) in [7, 11) is 1.38. The van der Waals surface area contributed by atoms with Crippen molar-refractivity contribution >= 4 is 11.9 Å². The van der Waals surface area contributed by atoms with Gasteiger partial charge in [-0.3, -0.25) is 4.79 Å². The number of methoxy groups -OCH3 is 1. The molecule has 0 radical (unpaired) electrons. The average molecular weight is 345 g/mol. The molecule has 2 rings (SSSR count). The minimum absolute atomic E-state index is 0.148. The predicted octanol–water partition coefficient (Wildman–Crippen LogP) is 2.02. The Bertz CT molecular complexity index is 792. The Kier molecular flexibility index (Phi) is 5.27. The fraction of sp³-hybridized carbons (Fsp3) is 0.389. The van der Waals surface area contributed by atoms with E-state index in [4.69, 9.17) is 4.74 Å². The van der Waals surface area contributed by atoms with Crippen LogP contribution < -0.4 is 5.32 Å². The summed E-state index contributed by atoms with van der Waals surface area (Å²) >= 11 is 0. The monoisotopic (exact) mass is 345 g/mol. The smallest absolute Gasteiger partial charge is 0.331 e. The molecule has 0 fully saturated rings. The Hall–Kier alpha value is -2.67. The number of hydrogen-bond acceptors (Lipinski definition) is 4. The number of aromatic nitrogens is 2. The summed E-state index contributed by atoms with van der Waals surface area (Å²) in [5, 5.41) is 16.2. The van der Waals surface area contributed by atoms with Gasteiger partial charge in [0.2, 0.25) is 0 Å². The summed E-state index contributed by atoms with van der Waals surface area (Å²) in [4.78, 5) is 23.9. The van der Waals surface area contributed by atoms with Crippen molar-refractivity contribution in [1.82, 2.24) is 15.1 Å². The molecule has 1 aromatic heterocycles. The first-order valence-corrected chi connectivity index (χ1v) is 7.86. The molecule has 7 nitrogen and oxygen atoms in total. The normalized spacial score (nSPS) is 13.3. The second kappa shape index (κ2) is 7.06. The van der Waals surface area contributed by atoms with Gasteiger partial charge in [0.25, 0.3) is 5.91 Å². The first-order chi connectivity index (χ1) is 11.7. The zero-order valence-corrected chi connectivity index (χ0v) is 15.1. The van der Waals surface area contributed by atoms with Crippen molar-refractivity contribution in [2.75, 3.05) is 13.7 Å². The lowest BCUT2D eigenvalue weighted by Crippen LogP contribution is -2.55. The maximum atomic E-state index is 12.5. The summed E-state index contributed by atoms with van der Waals surface area (Å²) in [5.74, 6) is -1.73. The molecular formula is C18H23N3O4. The van der Waals surface area contributed by atoms with Gasteiger partial charge in [-0.2, -0.15) is 5.10 Å². The number of carbonyl (C=O) groups excluding carboxylic acids is 1. The molecule has 2 aromatic rings. The summed E-state index contributed by atoms with van der Waals surface area (Å²) < 4.78 is 6.58.